The van der Waals surface area contributed by atoms with Crippen LogP contribution in [-0.2, 0) is 14.9 Å². The van der Waals surface area contributed by atoms with E-state index in [9.17, 15) is 18.3 Å². The predicted molar refractivity (Wildman–Crippen MR) is 119 cm³/mol. The van der Waals surface area contributed by atoms with E-state index >= 15 is 0 Å². The molecule has 2 aromatic carbocycles. The van der Waals surface area contributed by atoms with Crippen molar-refractivity contribution in [2.75, 3.05) is 23.3 Å². The number of hydrogen-bond acceptors (Lipinski definition) is 7. The maximum atomic E-state index is 12.7. The quantitative estimate of drug-likeness (QED) is 0.487. The summed E-state index contributed by atoms with van der Waals surface area (Å²) in [5.74, 6) is 0.461. The number of aromatic nitrogens is 2. The van der Waals surface area contributed by atoms with Crippen molar-refractivity contribution in [2.24, 2.45) is 5.92 Å². The molecule has 1 aliphatic carbocycles. The number of imidazole rings is 1. The Morgan fingerprint density at radius 2 is 1.81 bits per heavy atom. The van der Waals surface area contributed by atoms with Gasteiger partial charge in [-0.05, 0) is 62.1 Å². The lowest BCUT2D eigenvalue weighted by Gasteiger charge is -2.31. The van der Waals surface area contributed by atoms with Crippen molar-refractivity contribution in [2.45, 2.75) is 36.7 Å². The Morgan fingerprint density at radius 1 is 1.09 bits per heavy atom. The molecule has 2 heterocycles. The number of carbonyl (C=O) groups is 1. The molecule has 32 heavy (non-hydrogen) atoms. The van der Waals surface area contributed by atoms with Crippen LogP contribution in [0.5, 0.6) is 5.75 Å². The molecule has 3 aromatic rings. The molecule has 2 fully saturated rings. The molecule has 1 aromatic heterocycles. The third-order valence-electron chi connectivity index (χ3n) is 5.81. The minimum atomic E-state index is -4.02. The fraction of sp³-hybridized carbons (Fsp3) is 0.364. The first-order valence-corrected chi connectivity index (χ1v) is 12.1. The summed E-state index contributed by atoms with van der Waals surface area (Å²) in [6.07, 6.45) is 2.92. The van der Waals surface area contributed by atoms with E-state index in [1.54, 1.807) is 18.2 Å². The van der Waals surface area contributed by atoms with Gasteiger partial charge >= 0.3 is 10.1 Å². The number of fused-ring (bicyclic) bond motifs is 1. The minimum Gasteiger partial charge on any atom is -0.393 e. The molecule has 1 aliphatic heterocycles. The lowest BCUT2D eigenvalue weighted by atomic mass is 10.1. The van der Waals surface area contributed by atoms with Crippen LogP contribution in [0.15, 0.2) is 47.4 Å². The number of aromatic amines is 1. The largest absolute Gasteiger partial charge is 0.393 e. The summed E-state index contributed by atoms with van der Waals surface area (Å²) in [5, 5.41) is 12.4. The smallest absolute Gasteiger partial charge is 0.339 e. The second kappa shape index (κ2) is 8.10. The van der Waals surface area contributed by atoms with Gasteiger partial charge in [0.25, 0.3) is 0 Å². The van der Waals surface area contributed by atoms with Crippen molar-refractivity contribution in [3.63, 3.8) is 0 Å². The van der Waals surface area contributed by atoms with E-state index in [-0.39, 0.29) is 28.6 Å². The molecule has 0 unspecified atom stereocenters. The van der Waals surface area contributed by atoms with E-state index in [0.717, 1.165) is 31.6 Å². The number of rotatable bonds is 6. The number of aliphatic hydroxyl groups is 1. The summed E-state index contributed by atoms with van der Waals surface area (Å²) in [6.45, 7) is 1.47. The lowest BCUT2D eigenvalue weighted by molar-refractivity contribution is -0.117. The minimum absolute atomic E-state index is 0.0535. The molecular formula is C22H24N4O5S. The number of nitrogens with zero attached hydrogens (tertiary/aromatic N) is 2. The molecule has 2 aliphatic rings. The van der Waals surface area contributed by atoms with Crippen LogP contribution in [0.4, 0.5) is 11.6 Å². The topological polar surface area (TPSA) is 125 Å². The van der Waals surface area contributed by atoms with Crippen molar-refractivity contribution < 1.29 is 22.5 Å². The van der Waals surface area contributed by atoms with Gasteiger partial charge in [-0.25, -0.2) is 4.98 Å². The summed E-state index contributed by atoms with van der Waals surface area (Å²) in [4.78, 5) is 21.4. The molecule has 0 bridgehead atoms. The average Bonchev–Trinajstić information content (AvgIpc) is 3.55. The second-order valence-corrected chi connectivity index (χ2v) is 9.82. The first-order chi connectivity index (χ1) is 15.4. The third-order valence-corrected chi connectivity index (χ3v) is 7.07. The van der Waals surface area contributed by atoms with Crippen LogP contribution in [0, 0.1) is 5.92 Å². The van der Waals surface area contributed by atoms with Crippen LogP contribution in [0.25, 0.3) is 11.0 Å². The Kier molecular flexibility index (Phi) is 5.26. The van der Waals surface area contributed by atoms with E-state index in [1.165, 1.54) is 24.3 Å². The molecule has 168 valence electrons. The van der Waals surface area contributed by atoms with Gasteiger partial charge in [0.1, 0.15) is 10.6 Å². The number of carbonyl (C=O) groups excluding carboxylic acids is 1. The Morgan fingerprint density at radius 3 is 2.50 bits per heavy atom. The lowest BCUT2D eigenvalue weighted by Crippen LogP contribution is -2.35. The summed E-state index contributed by atoms with van der Waals surface area (Å²) in [6, 6.07) is 11.3. The van der Waals surface area contributed by atoms with Crippen LogP contribution in [0.2, 0.25) is 0 Å². The van der Waals surface area contributed by atoms with Crippen LogP contribution in [0.3, 0.4) is 0 Å². The fourth-order valence-corrected chi connectivity index (χ4v) is 4.71. The molecule has 3 N–H and O–H groups in total. The standard InChI is InChI=1S/C22H24N4O5S/c27-16-9-11-26(12-10-16)15-3-6-18(7-4-15)32(29,30)31-17-5-8-19-20(13-17)24-22(23-19)25-21(28)14-1-2-14/h3-8,13-14,16,27H,1-2,9-12H2,(H2,23,24,25,28). The molecule has 0 radical (unpaired) electrons. The van der Waals surface area contributed by atoms with E-state index in [1.807, 2.05) is 0 Å². The van der Waals surface area contributed by atoms with Crippen molar-refractivity contribution in [1.29, 1.82) is 0 Å². The third kappa shape index (κ3) is 4.42. The Balaban J connectivity index is 1.29. The van der Waals surface area contributed by atoms with Gasteiger partial charge in [0.05, 0.1) is 17.1 Å². The first-order valence-electron chi connectivity index (χ1n) is 10.7. The fourth-order valence-electron chi connectivity index (χ4n) is 3.78. The summed E-state index contributed by atoms with van der Waals surface area (Å²) < 4.78 is 30.8. The molecule has 5 rings (SSSR count). The number of benzene rings is 2. The van der Waals surface area contributed by atoms with Crippen LogP contribution < -0.4 is 14.4 Å². The highest BCUT2D eigenvalue weighted by atomic mass is 32.2. The Labute approximate surface area is 185 Å². The highest BCUT2D eigenvalue weighted by molar-refractivity contribution is 7.87. The van der Waals surface area contributed by atoms with E-state index < -0.39 is 10.1 Å². The zero-order valence-corrected chi connectivity index (χ0v) is 18.1. The number of hydrogen-bond donors (Lipinski definition) is 3. The predicted octanol–water partition coefficient (Wildman–Crippen LogP) is 2.64. The molecule has 9 nitrogen and oxygen atoms in total. The first kappa shape index (κ1) is 20.8. The van der Waals surface area contributed by atoms with E-state index in [0.29, 0.717) is 29.8 Å². The van der Waals surface area contributed by atoms with Crippen LogP contribution >= 0.6 is 0 Å². The number of anilines is 2. The summed E-state index contributed by atoms with van der Waals surface area (Å²) in [5.41, 5.74) is 2.07. The zero-order valence-electron chi connectivity index (χ0n) is 17.3. The number of piperidine rings is 1. The summed E-state index contributed by atoms with van der Waals surface area (Å²) >= 11 is 0. The highest BCUT2D eigenvalue weighted by Crippen LogP contribution is 2.30. The summed E-state index contributed by atoms with van der Waals surface area (Å²) in [7, 11) is -4.02. The van der Waals surface area contributed by atoms with Crippen molar-refractivity contribution in [3.8, 4) is 5.75 Å². The van der Waals surface area contributed by atoms with Gasteiger partial charge in [-0.2, -0.15) is 8.42 Å². The van der Waals surface area contributed by atoms with Gasteiger partial charge in [-0.15, -0.1) is 0 Å². The SMILES string of the molecule is O=C(Nc1nc2cc(OS(=O)(=O)c3ccc(N4CCC(O)CC4)cc3)ccc2[nH]1)C1CC1. The number of nitrogens with one attached hydrogen (secondary N) is 2. The Bertz CT molecular complexity index is 1240. The van der Waals surface area contributed by atoms with Gasteiger partial charge in [-0.3, -0.25) is 10.1 Å². The van der Waals surface area contributed by atoms with Gasteiger partial charge in [0, 0.05) is 30.8 Å². The van der Waals surface area contributed by atoms with Gasteiger partial charge in [-0.1, -0.05) is 0 Å². The highest BCUT2D eigenvalue weighted by Gasteiger charge is 2.30. The van der Waals surface area contributed by atoms with Gasteiger partial charge in [0.2, 0.25) is 11.9 Å². The van der Waals surface area contributed by atoms with Crippen LogP contribution in [0.1, 0.15) is 25.7 Å². The molecule has 0 atom stereocenters. The molecule has 1 saturated carbocycles. The number of amides is 1. The molecule has 10 heteroatoms. The van der Waals surface area contributed by atoms with Crippen molar-refractivity contribution in [3.05, 3.63) is 42.5 Å². The molecule has 1 amide bonds. The maximum Gasteiger partial charge on any atom is 0.339 e. The van der Waals surface area contributed by atoms with E-state index in [4.69, 9.17) is 4.18 Å². The monoisotopic (exact) mass is 456 g/mol. The normalized spacial score (nSPS) is 17.5. The van der Waals surface area contributed by atoms with Crippen molar-refractivity contribution >= 4 is 38.7 Å². The molecular weight excluding hydrogens is 432 g/mol. The van der Waals surface area contributed by atoms with Crippen molar-refractivity contribution in [1.82, 2.24) is 9.97 Å². The van der Waals surface area contributed by atoms with Crippen LogP contribution in [-0.4, -0.2) is 48.6 Å². The van der Waals surface area contributed by atoms with Gasteiger partial charge in [0.15, 0.2) is 0 Å². The molecule has 0 spiro atoms. The number of H-pyrrole nitrogens is 1. The Hall–Kier alpha value is -3.11. The molecule has 1 saturated heterocycles. The van der Waals surface area contributed by atoms with Gasteiger partial charge < -0.3 is 19.2 Å². The zero-order chi connectivity index (χ0) is 22.3. The second-order valence-electron chi connectivity index (χ2n) is 8.28. The maximum absolute atomic E-state index is 12.7. The average molecular weight is 457 g/mol. The number of aliphatic hydroxyl groups excluding tert-OH is 1. The van der Waals surface area contributed by atoms with E-state index in [2.05, 4.69) is 20.2 Å².